The van der Waals surface area contributed by atoms with Crippen LogP contribution in [-0.2, 0) is 21.2 Å². The SMILES string of the molecule is C[C@H]1C(=O)N(c2ccc(S(=O)(=O)C(F)(F)F)cc2)C(=O)N1Cc1ccccc1. The summed E-state index contributed by atoms with van der Waals surface area (Å²) in [7, 11) is -5.50. The quantitative estimate of drug-likeness (QED) is 0.722. The summed E-state index contributed by atoms with van der Waals surface area (Å²) in [6, 6.07) is 11.0. The Labute approximate surface area is 159 Å². The Bertz CT molecular complexity index is 1010. The van der Waals surface area contributed by atoms with Gasteiger partial charge in [0.15, 0.2) is 0 Å². The molecule has 3 amide bonds. The molecule has 28 heavy (non-hydrogen) atoms. The normalized spacial score (nSPS) is 18.1. The second kappa shape index (κ2) is 6.93. The van der Waals surface area contributed by atoms with Crippen molar-refractivity contribution in [2.24, 2.45) is 0 Å². The van der Waals surface area contributed by atoms with E-state index in [-0.39, 0.29) is 12.2 Å². The van der Waals surface area contributed by atoms with Gasteiger partial charge in [-0.05, 0) is 36.8 Å². The Kier molecular flexibility index (Phi) is 4.92. The zero-order valence-electron chi connectivity index (χ0n) is 14.6. The van der Waals surface area contributed by atoms with Crippen LogP contribution in [0.5, 0.6) is 0 Å². The first-order chi connectivity index (χ1) is 13.0. The standard InChI is InChI=1S/C18H15F3N2O4S/c1-12-16(24)23(17(25)22(12)11-13-5-3-2-4-6-13)14-7-9-15(10-8-14)28(26,27)18(19,20)21/h2-10,12H,11H2,1H3/t12-/m0/s1. The van der Waals surface area contributed by atoms with Gasteiger partial charge in [-0.3, -0.25) is 4.79 Å². The number of alkyl halides is 3. The lowest BCUT2D eigenvalue weighted by molar-refractivity contribution is -0.119. The van der Waals surface area contributed by atoms with Crippen LogP contribution in [0.15, 0.2) is 59.5 Å². The van der Waals surface area contributed by atoms with Gasteiger partial charge in [0.05, 0.1) is 10.6 Å². The van der Waals surface area contributed by atoms with Gasteiger partial charge in [0.1, 0.15) is 6.04 Å². The van der Waals surface area contributed by atoms with E-state index in [1.165, 1.54) is 4.90 Å². The number of hydrogen-bond acceptors (Lipinski definition) is 4. The Hall–Kier alpha value is -2.88. The van der Waals surface area contributed by atoms with Crippen LogP contribution >= 0.6 is 0 Å². The molecule has 10 heteroatoms. The van der Waals surface area contributed by atoms with Gasteiger partial charge in [-0.1, -0.05) is 30.3 Å². The number of benzene rings is 2. The second-order valence-electron chi connectivity index (χ2n) is 6.19. The monoisotopic (exact) mass is 412 g/mol. The lowest BCUT2D eigenvalue weighted by atomic mass is 10.2. The first-order valence-electron chi connectivity index (χ1n) is 8.14. The topological polar surface area (TPSA) is 74.8 Å². The van der Waals surface area contributed by atoms with Gasteiger partial charge in [0, 0.05) is 6.54 Å². The molecular weight excluding hydrogens is 397 g/mol. The van der Waals surface area contributed by atoms with Crippen molar-refractivity contribution >= 4 is 27.5 Å². The molecule has 0 unspecified atom stereocenters. The Morgan fingerprint density at radius 1 is 0.964 bits per heavy atom. The maximum Gasteiger partial charge on any atom is 0.501 e. The van der Waals surface area contributed by atoms with Gasteiger partial charge < -0.3 is 4.90 Å². The molecule has 0 aromatic heterocycles. The minimum atomic E-state index is -5.50. The fraction of sp³-hybridized carbons (Fsp3) is 0.222. The van der Waals surface area contributed by atoms with E-state index in [9.17, 15) is 31.2 Å². The van der Waals surface area contributed by atoms with E-state index in [0.29, 0.717) is 0 Å². The molecule has 6 nitrogen and oxygen atoms in total. The number of hydrogen-bond donors (Lipinski definition) is 0. The third kappa shape index (κ3) is 3.35. The van der Waals surface area contributed by atoms with Crippen LogP contribution in [0.25, 0.3) is 0 Å². The molecular formula is C18H15F3N2O4S. The number of urea groups is 1. The number of anilines is 1. The fourth-order valence-electron chi connectivity index (χ4n) is 2.84. The molecule has 1 atom stereocenters. The summed E-state index contributed by atoms with van der Waals surface area (Å²) in [4.78, 5) is 26.4. The van der Waals surface area contributed by atoms with E-state index in [1.807, 2.05) is 6.07 Å². The molecule has 1 saturated heterocycles. The third-order valence-corrected chi connectivity index (χ3v) is 5.89. The van der Waals surface area contributed by atoms with Gasteiger partial charge >= 0.3 is 11.5 Å². The molecule has 0 aliphatic carbocycles. The molecule has 2 aromatic carbocycles. The molecule has 0 spiro atoms. The highest BCUT2D eigenvalue weighted by Gasteiger charge is 2.47. The van der Waals surface area contributed by atoms with Crippen LogP contribution in [0.3, 0.4) is 0 Å². The molecule has 0 radical (unpaired) electrons. The summed E-state index contributed by atoms with van der Waals surface area (Å²) < 4.78 is 60.8. The van der Waals surface area contributed by atoms with Crippen molar-refractivity contribution in [3.8, 4) is 0 Å². The van der Waals surface area contributed by atoms with E-state index in [0.717, 1.165) is 34.7 Å². The predicted molar refractivity (Wildman–Crippen MR) is 94.0 cm³/mol. The fourth-order valence-corrected chi connectivity index (χ4v) is 3.60. The van der Waals surface area contributed by atoms with Gasteiger partial charge in [-0.15, -0.1) is 0 Å². The van der Waals surface area contributed by atoms with Crippen LogP contribution in [0, 0.1) is 0 Å². The highest BCUT2D eigenvalue weighted by atomic mass is 32.2. The van der Waals surface area contributed by atoms with E-state index in [2.05, 4.69) is 0 Å². The average molecular weight is 412 g/mol. The van der Waals surface area contributed by atoms with Crippen molar-refractivity contribution in [3.05, 3.63) is 60.2 Å². The van der Waals surface area contributed by atoms with E-state index in [4.69, 9.17) is 0 Å². The maximum absolute atomic E-state index is 12.7. The lowest BCUT2D eigenvalue weighted by Gasteiger charge is -2.19. The second-order valence-corrected chi connectivity index (χ2v) is 8.13. The molecule has 1 heterocycles. The Balaban J connectivity index is 1.87. The van der Waals surface area contributed by atoms with Crippen LogP contribution < -0.4 is 4.90 Å². The average Bonchev–Trinajstić information content (AvgIpc) is 2.85. The van der Waals surface area contributed by atoms with Crippen LogP contribution in [0.2, 0.25) is 0 Å². The summed E-state index contributed by atoms with van der Waals surface area (Å²) in [5.41, 5.74) is -4.63. The maximum atomic E-state index is 12.7. The highest BCUT2D eigenvalue weighted by molar-refractivity contribution is 7.92. The van der Waals surface area contributed by atoms with Crippen molar-refractivity contribution in [1.29, 1.82) is 0 Å². The number of carbonyl (C=O) groups is 2. The Morgan fingerprint density at radius 2 is 1.54 bits per heavy atom. The first kappa shape index (κ1) is 19.9. The lowest BCUT2D eigenvalue weighted by Crippen LogP contribution is -2.33. The third-order valence-electron chi connectivity index (χ3n) is 4.39. The summed E-state index contributed by atoms with van der Waals surface area (Å²) in [5.74, 6) is -0.549. The molecule has 2 aromatic rings. The number of carbonyl (C=O) groups excluding carboxylic acids is 2. The molecule has 3 rings (SSSR count). The van der Waals surface area contributed by atoms with E-state index < -0.39 is 38.2 Å². The number of nitrogens with zero attached hydrogens (tertiary/aromatic N) is 2. The van der Waals surface area contributed by atoms with Crippen molar-refractivity contribution in [2.75, 3.05) is 4.90 Å². The van der Waals surface area contributed by atoms with Gasteiger partial charge in [0.25, 0.3) is 15.7 Å². The summed E-state index contributed by atoms with van der Waals surface area (Å²) >= 11 is 0. The minimum Gasteiger partial charge on any atom is -0.308 e. The van der Waals surface area contributed by atoms with Crippen LogP contribution in [0.1, 0.15) is 12.5 Å². The van der Waals surface area contributed by atoms with Crippen molar-refractivity contribution in [2.45, 2.75) is 29.9 Å². The van der Waals surface area contributed by atoms with Crippen molar-refractivity contribution in [3.63, 3.8) is 0 Å². The van der Waals surface area contributed by atoms with Crippen molar-refractivity contribution in [1.82, 2.24) is 4.90 Å². The predicted octanol–water partition coefficient (Wildman–Crippen LogP) is 3.34. The molecule has 1 aliphatic rings. The Morgan fingerprint density at radius 3 is 2.07 bits per heavy atom. The van der Waals surface area contributed by atoms with Gasteiger partial charge in [0.2, 0.25) is 0 Å². The van der Waals surface area contributed by atoms with E-state index >= 15 is 0 Å². The van der Waals surface area contributed by atoms with Gasteiger partial charge in [-0.2, -0.15) is 13.2 Å². The zero-order chi connectivity index (χ0) is 20.7. The van der Waals surface area contributed by atoms with E-state index in [1.54, 1.807) is 31.2 Å². The number of imide groups is 1. The number of halogens is 3. The van der Waals surface area contributed by atoms with Crippen LogP contribution in [-0.4, -0.2) is 36.8 Å². The molecule has 148 valence electrons. The first-order valence-corrected chi connectivity index (χ1v) is 9.62. The number of amides is 3. The summed E-state index contributed by atoms with van der Waals surface area (Å²) in [5, 5.41) is 0. The zero-order valence-corrected chi connectivity index (χ0v) is 15.4. The number of rotatable bonds is 4. The van der Waals surface area contributed by atoms with Gasteiger partial charge in [-0.25, -0.2) is 18.1 Å². The molecule has 1 fully saturated rings. The van der Waals surface area contributed by atoms with Crippen molar-refractivity contribution < 1.29 is 31.2 Å². The smallest absolute Gasteiger partial charge is 0.308 e. The molecule has 0 N–H and O–H groups in total. The van der Waals surface area contributed by atoms with Crippen LogP contribution in [0.4, 0.5) is 23.7 Å². The summed E-state index contributed by atoms with van der Waals surface area (Å²) in [6.07, 6.45) is 0. The summed E-state index contributed by atoms with van der Waals surface area (Å²) in [6.45, 7) is 1.73. The molecule has 0 saturated carbocycles. The molecule has 0 bridgehead atoms. The minimum absolute atomic E-state index is 0.00136. The largest absolute Gasteiger partial charge is 0.501 e. The molecule has 1 aliphatic heterocycles. The number of sulfone groups is 1. The highest BCUT2D eigenvalue weighted by Crippen LogP contribution is 2.32.